The summed E-state index contributed by atoms with van der Waals surface area (Å²) in [5, 5.41) is 36.2. The third-order valence-electron chi connectivity index (χ3n) is 4.90. The van der Waals surface area contributed by atoms with Crippen LogP contribution in [-0.4, -0.2) is 45.2 Å². The zero-order valence-corrected chi connectivity index (χ0v) is 20.9. The average molecular weight is 487 g/mol. The Balaban J connectivity index is 1.91. The van der Waals surface area contributed by atoms with Crippen molar-refractivity contribution < 1.29 is 28.6 Å². The van der Waals surface area contributed by atoms with Crippen LogP contribution in [-0.2, 0) is 14.3 Å². The highest BCUT2D eigenvalue weighted by molar-refractivity contribution is 5.82. The Morgan fingerprint density at radius 3 is 2.49 bits per heavy atom. The Labute approximate surface area is 202 Å². The number of rotatable bonds is 6. The number of ether oxygens (including phenoxy) is 2. The van der Waals surface area contributed by atoms with Crippen molar-refractivity contribution in [2.75, 3.05) is 11.9 Å². The van der Waals surface area contributed by atoms with Crippen LogP contribution in [0.3, 0.4) is 0 Å². The van der Waals surface area contributed by atoms with E-state index in [9.17, 15) is 20.0 Å². The smallest absolute Gasteiger partial charge is 0.460 e. The number of aryl methyl sites for hydroxylation is 1. The number of nitrogens with zero attached hydrogens (tertiary/aromatic N) is 5. The monoisotopic (exact) mass is 486 g/mol. The SMILES string of the molecule is Cc1nn(C(=O)OC(C)(C)C)c(C)c1-c1ccc2c(c1)[n+]([O-])nc(NCCC(=O)OC(C)C)[n+]2[O-]. The summed E-state index contributed by atoms with van der Waals surface area (Å²) in [6.07, 6.45) is -0.848. The van der Waals surface area contributed by atoms with Crippen LogP contribution in [0.1, 0.15) is 52.4 Å². The van der Waals surface area contributed by atoms with Crippen molar-refractivity contribution in [3.05, 3.63) is 40.0 Å². The van der Waals surface area contributed by atoms with Gasteiger partial charge in [0, 0.05) is 16.5 Å². The molecule has 3 rings (SSSR count). The molecule has 188 valence electrons. The molecule has 2 heterocycles. The number of nitrogens with one attached hydrogen (secondary N) is 1. The van der Waals surface area contributed by atoms with Gasteiger partial charge in [0.15, 0.2) is 5.52 Å². The van der Waals surface area contributed by atoms with E-state index < -0.39 is 17.7 Å². The molecule has 35 heavy (non-hydrogen) atoms. The van der Waals surface area contributed by atoms with Crippen molar-refractivity contribution in [1.82, 2.24) is 14.9 Å². The highest BCUT2D eigenvalue weighted by Gasteiger charge is 2.25. The van der Waals surface area contributed by atoms with Crippen LogP contribution in [0.2, 0.25) is 0 Å². The number of fused-ring (bicyclic) bond motifs is 1. The summed E-state index contributed by atoms with van der Waals surface area (Å²) >= 11 is 0. The van der Waals surface area contributed by atoms with Gasteiger partial charge in [0.1, 0.15) is 5.60 Å². The first-order valence-corrected chi connectivity index (χ1v) is 11.2. The quantitative estimate of drug-likeness (QED) is 0.315. The molecule has 0 aliphatic heterocycles. The molecule has 0 unspecified atom stereocenters. The second kappa shape index (κ2) is 9.72. The maximum atomic E-state index is 12.8. The fourth-order valence-corrected chi connectivity index (χ4v) is 3.55. The first-order chi connectivity index (χ1) is 16.3. The molecule has 0 spiro atoms. The molecule has 0 aliphatic carbocycles. The molecule has 0 bridgehead atoms. The van der Waals surface area contributed by atoms with E-state index in [2.05, 4.69) is 15.5 Å². The van der Waals surface area contributed by atoms with Gasteiger partial charge in [0.25, 0.3) is 5.52 Å². The molecule has 0 radical (unpaired) electrons. The molecule has 0 fully saturated rings. The molecule has 0 aliphatic rings. The predicted octanol–water partition coefficient (Wildman–Crippen LogP) is 2.52. The van der Waals surface area contributed by atoms with E-state index in [4.69, 9.17) is 9.47 Å². The fourth-order valence-electron chi connectivity index (χ4n) is 3.55. The minimum Gasteiger partial charge on any atom is -0.739 e. The molecule has 1 aromatic carbocycles. The Morgan fingerprint density at radius 1 is 1.17 bits per heavy atom. The van der Waals surface area contributed by atoms with Gasteiger partial charge in [-0.15, -0.1) is 0 Å². The minimum absolute atomic E-state index is 0.00981. The molecular weight excluding hydrogens is 456 g/mol. The largest absolute Gasteiger partial charge is 0.739 e. The molecule has 0 atom stereocenters. The number of anilines is 1. The van der Waals surface area contributed by atoms with E-state index in [1.165, 1.54) is 16.8 Å². The first-order valence-electron chi connectivity index (χ1n) is 11.2. The maximum absolute atomic E-state index is 12.8. The number of carbonyl (C=O) groups is 2. The van der Waals surface area contributed by atoms with Gasteiger partial charge in [0.05, 0.1) is 30.5 Å². The molecule has 0 saturated heterocycles. The van der Waals surface area contributed by atoms with E-state index in [0.717, 1.165) is 0 Å². The van der Waals surface area contributed by atoms with Crippen LogP contribution >= 0.6 is 0 Å². The summed E-state index contributed by atoms with van der Waals surface area (Å²) in [5.41, 5.74) is 1.75. The van der Waals surface area contributed by atoms with E-state index in [-0.39, 0.29) is 36.1 Å². The summed E-state index contributed by atoms with van der Waals surface area (Å²) in [6.45, 7) is 12.3. The van der Waals surface area contributed by atoms with Crippen LogP contribution in [0.5, 0.6) is 0 Å². The van der Waals surface area contributed by atoms with Crippen molar-refractivity contribution in [3.63, 3.8) is 0 Å². The zero-order chi connectivity index (χ0) is 26.1. The molecule has 0 saturated carbocycles. The van der Waals surface area contributed by atoms with E-state index >= 15 is 0 Å². The summed E-state index contributed by atoms with van der Waals surface area (Å²) in [4.78, 5) is 24.6. The summed E-state index contributed by atoms with van der Waals surface area (Å²) in [6, 6.07) is 4.68. The van der Waals surface area contributed by atoms with Crippen molar-refractivity contribution in [1.29, 1.82) is 0 Å². The van der Waals surface area contributed by atoms with E-state index in [0.29, 0.717) is 32.1 Å². The van der Waals surface area contributed by atoms with Crippen LogP contribution in [0.4, 0.5) is 10.7 Å². The Hall–Kier alpha value is -3.96. The zero-order valence-electron chi connectivity index (χ0n) is 20.9. The Morgan fingerprint density at radius 2 is 1.86 bits per heavy atom. The van der Waals surface area contributed by atoms with Gasteiger partial charge in [0.2, 0.25) is 5.10 Å². The summed E-state index contributed by atoms with van der Waals surface area (Å²) < 4.78 is 12.1. The van der Waals surface area contributed by atoms with Crippen molar-refractivity contribution in [2.45, 2.75) is 66.6 Å². The van der Waals surface area contributed by atoms with Gasteiger partial charge < -0.3 is 19.9 Å². The standard InChI is InChI=1S/C23H30N6O6/c1-13(2)34-19(30)10-11-24-21-26-29(33)18-12-16(8-9-17(18)28(21)32)20-14(3)25-27(15(20)4)22(31)35-23(5,6)7/h8-9,12-13H,10-11H2,1-7H3,(H,24,26). The maximum Gasteiger partial charge on any atom is 0.460 e. The van der Waals surface area contributed by atoms with E-state index in [1.54, 1.807) is 54.5 Å². The lowest BCUT2D eigenvalue weighted by Crippen LogP contribution is -2.44. The molecule has 1 N–H and O–H groups in total. The van der Waals surface area contributed by atoms with Gasteiger partial charge >= 0.3 is 18.0 Å². The number of hydrogen-bond donors (Lipinski definition) is 1. The van der Waals surface area contributed by atoms with Crippen LogP contribution in [0, 0.1) is 24.3 Å². The average Bonchev–Trinajstić information content (AvgIpc) is 3.03. The van der Waals surface area contributed by atoms with Gasteiger partial charge in [-0.3, -0.25) is 10.1 Å². The number of carbonyl (C=O) groups excluding carboxylic acids is 2. The normalized spacial score (nSPS) is 11.7. The lowest BCUT2D eigenvalue weighted by molar-refractivity contribution is -0.672. The van der Waals surface area contributed by atoms with Gasteiger partial charge in [-0.1, -0.05) is 6.07 Å². The second-order valence-electron chi connectivity index (χ2n) is 9.35. The molecule has 12 nitrogen and oxygen atoms in total. The lowest BCUT2D eigenvalue weighted by atomic mass is 10.0. The first kappa shape index (κ1) is 25.7. The van der Waals surface area contributed by atoms with Crippen LogP contribution in [0.15, 0.2) is 18.2 Å². The summed E-state index contributed by atoms with van der Waals surface area (Å²) in [7, 11) is 0. The predicted molar refractivity (Wildman–Crippen MR) is 126 cm³/mol. The van der Waals surface area contributed by atoms with Crippen molar-refractivity contribution in [3.8, 4) is 11.1 Å². The lowest BCUT2D eigenvalue weighted by Gasteiger charge is -2.19. The van der Waals surface area contributed by atoms with E-state index in [1.807, 2.05) is 0 Å². The molecule has 12 heteroatoms. The number of hydrogen-bond acceptors (Lipinski definition) is 9. The second-order valence-corrected chi connectivity index (χ2v) is 9.35. The minimum atomic E-state index is -0.686. The summed E-state index contributed by atoms with van der Waals surface area (Å²) in [5.74, 6) is -0.661. The number of benzene rings is 1. The number of esters is 1. The molecular formula is C23H30N6O6. The Kier molecular flexibility index (Phi) is 7.13. The van der Waals surface area contributed by atoms with Crippen LogP contribution < -0.4 is 14.9 Å². The molecule has 0 amide bonds. The Bertz CT molecular complexity index is 1280. The van der Waals surface area contributed by atoms with Crippen molar-refractivity contribution >= 4 is 29.0 Å². The van der Waals surface area contributed by atoms with Gasteiger partial charge in [-0.2, -0.15) is 9.78 Å². The highest BCUT2D eigenvalue weighted by atomic mass is 16.6. The number of aromatic nitrogens is 5. The molecule has 3 aromatic rings. The highest BCUT2D eigenvalue weighted by Crippen LogP contribution is 2.29. The van der Waals surface area contributed by atoms with Gasteiger partial charge in [-0.25, -0.2) is 9.52 Å². The topological polar surface area (TPSA) is 149 Å². The molecule has 2 aromatic heterocycles. The van der Waals surface area contributed by atoms with Crippen LogP contribution in [0.25, 0.3) is 22.2 Å². The third kappa shape index (κ3) is 5.76. The van der Waals surface area contributed by atoms with Crippen molar-refractivity contribution in [2.24, 2.45) is 0 Å². The fraction of sp³-hybridized carbons (Fsp3) is 0.478. The third-order valence-corrected chi connectivity index (χ3v) is 4.90. The van der Waals surface area contributed by atoms with Gasteiger partial charge in [-0.05, 0) is 60.1 Å².